The van der Waals surface area contributed by atoms with Gasteiger partial charge in [-0.15, -0.1) is 0 Å². The van der Waals surface area contributed by atoms with Gasteiger partial charge in [0.2, 0.25) is 0 Å². The summed E-state index contributed by atoms with van der Waals surface area (Å²) < 4.78 is 7.41. The van der Waals surface area contributed by atoms with Gasteiger partial charge >= 0.3 is 0 Å². The summed E-state index contributed by atoms with van der Waals surface area (Å²) in [5.41, 5.74) is 5.06. The Balaban J connectivity index is 1.07. The Hall–Kier alpha value is -4.06. The molecule has 11 heteroatoms. The lowest BCUT2D eigenvalue weighted by Crippen LogP contribution is -2.53. The fourth-order valence-corrected chi connectivity index (χ4v) is 6.24. The van der Waals surface area contributed by atoms with E-state index in [1.807, 2.05) is 48.3 Å². The molecule has 11 nitrogen and oxygen atoms in total. The van der Waals surface area contributed by atoms with Gasteiger partial charge in [-0.05, 0) is 37.1 Å². The normalized spacial score (nSPS) is 18.9. The van der Waals surface area contributed by atoms with Gasteiger partial charge in [-0.1, -0.05) is 0 Å². The number of hydrogen-bond acceptors (Lipinski definition) is 9. The van der Waals surface area contributed by atoms with Gasteiger partial charge in [0, 0.05) is 75.2 Å². The first-order valence-electron chi connectivity index (χ1n) is 14.2. The SMILES string of the molecule is Cn1ccc2c(-c3ncc(Nc4ccc(N5CCC(O)(CN6CCOCC6)CC5)cn4)c4c3CNC4=O)ccnc21. The van der Waals surface area contributed by atoms with E-state index in [1.165, 1.54) is 0 Å². The molecule has 0 bridgehead atoms. The van der Waals surface area contributed by atoms with Crippen LogP contribution in [0.2, 0.25) is 0 Å². The summed E-state index contributed by atoms with van der Waals surface area (Å²) in [5, 5.41) is 18.4. The minimum Gasteiger partial charge on any atom is -0.388 e. The standard InChI is InChI=1S/C30H34N8O3/c1-36-9-5-22-21(4-8-31-28(22)36)27-23-17-34-29(39)26(23)24(18-33-27)35-25-3-2-20(16-32-25)38-10-6-30(40,7-11-38)19-37-12-14-41-15-13-37/h2-5,8-9,16,18,40H,6-7,10-15,17,19H2,1H3,(H,32,35)(H,34,39). The van der Waals surface area contributed by atoms with Crippen LogP contribution in [-0.4, -0.2) is 87.0 Å². The molecule has 3 aliphatic rings. The maximum atomic E-state index is 12.9. The first-order valence-corrected chi connectivity index (χ1v) is 14.2. The van der Waals surface area contributed by atoms with Crippen molar-refractivity contribution >= 4 is 34.1 Å². The van der Waals surface area contributed by atoms with Crippen LogP contribution in [0, 0.1) is 0 Å². The number of rotatable bonds is 6. The Kier molecular flexibility index (Phi) is 6.57. The van der Waals surface area contributed by atoms with Crippen LogP contribution in [0.25, 0.3) is 22.3 Å². The zero-order valence-corrected chi connectivity index (χ0v) is 23.1. The molecule has 0 aliphatic carbocycles. The fourth-order valence-electron chi connectivity index (χ4n) is 6.24. The Labute approximate surface area is 238 Å². The molecular weight excluding hydrogens is 520 g/mol. The van der Waals surface area contributed by atoms with Crippen molar-refractivity contribution in [2.24, 2.45) is 7.05 Å². The molecule has 7 heterocycles. The van der Waals surface area contributed by atoms with Crippen LogP contribution >= 0.6 is 0 Å². The summed E-state index contributed by atoms with van der Waals surface area (Å²) in [7, 11) is 1.96. The van der Waals surface area contributed by atoms with Crippen LogP contribution < -0.4 is 15.5 Å². The number of aliphatic hydroxyl groups is 1. The molecule has 0 aromatic carbocycles. The molecule has 1 amide bonds. The van der Waals surface area contributed by atoms with E-state index < -0.39 is 5.60 Å². The smallest absolute Gasteiger partial charge is 0.254 e. The van der Waals surface area contributed by atoms with Crippen LogP contribution in [0.4, 0.5) is 17.2 Å². The highest BCUT2D eigenvalue weighted by atomic mass is 16.5. The second kappa shape index (κ2) is 10.4. The minimum atomic E-state index is -0.661. The molecule has 4 aromatic rings. The monoisotopic (exact) mass is 554 g/mol. The maximum absolute atomic E-state index is 12.9. The van der Waals surface area contributed by atoms with Gasteiger partial charge in [0.05, 0.1) is 53.8 Å². The maximum Gasteiger partial charge on any atom is 0.254 e. The summed E-state index contributed by atoms with van der Waals surface area (Å²) in [6.07, 6.45) is 8.75. The summed E-state index contributed by atoms with van der Waals surface area (Å²) in [6, 6.07) is 7.94. The van der Waals surface area contributed by atoms with Crippen LogP contribution in [0.5, 0.6) is 0 Å². The van der Waals surface area contributed by atoms with Crippen molar-refractivity contribution in [3.05, 3.63) is 60.2 Å². The molecule has 3 N–H and O–H groups in total. The molecule has 2 saturated heterocycles. The average molecular weight is 555 g/mol. The lowest BCUT2D eigenvalue weighted by molar-refractivity contribution is -0.0440. The van der Waals surface area contributed by atoms with E-state index in [4.69, 9.17) is 9.72 Å². The van der Waals surface area contributed by atoms with Crippen molar-refractivity contribution < 1.29 is 14.6 Å². The van der Waals surface area contributed by atoms with Crippen molar-refractivity contribution in [3.8, 4) is 11.3 Å². The molecule has 212 valence electrons. The summed E-state index contributed by atoms with van der Waals surface area (Å²) in [5.74, 6) is 0.513. The number of ether oxygens (including phenoxy) is 1. The number of anilines is 3. The highest BCUT2D eigenvalue weighted by Crippen LogP contribution is 2.36. The predicted molar refractivity (Wildman–Crippen MR) is 156 cm³/mol. The van der Waals surface area contributed by atoms with Crippen molar-refractivity contribution in [2.45, 2.75) is 25.0 Å². The zero-order chi connectivity index (χ0) is 28.0. The summed E-state index contributed by atoms with van der Waals surface area (Å²) >= 11 is 0. The van der Waals surface area contributed by atoms with Crippen LogP contribution in [0.15, 0.2) is 49.1 Å². The fraction of sp³-hybridized carbons (Fsp3) is 0.400. The van der Waals surface area contributed by atoms with Crippen molar-refractivity contribution in [2.75, 3.05) is 56.2 Å². The highest BCUT2D eigenvalue weighted by Gasteiger charge is 2.35. The molecule has 0 spiro atoms. The Morgan fingerprint density at radius 3 is 2.66 bits per heavy atom. The molecule has 0 radical (unpaired) electrons. The second-order valence-corrected chi connectivity index (χ2v) is 11.2. The third-order valence-electron chi connectivity index (χ3n) is 8.55. The van der Waals surface area contributed by atoms with Crippen LogP contribution in [0.1, 0.15) is 28.8 Å². The van der Waals surface area contributed by atoms with Gasteiger partial charge in [0.15, 0.2) is 0 Å². The summed E-state index contributed by atoms with van der Waals surface area (Å²) in [6.45, 7) is 5.92. The Morgan fingerprint density at radius 1 is 1.05 bits per heavy atom. The van der Waals surface area contributed by atoms with Crippen molar-refractivity contribution in [1.29, 1.82) is 0 Å². The van der Waals surface area contributed by atoms with E-state index >= 15 is 0 Å². The molecule has 0 saturated carbocycles. The van der Waals surface area contributed by atoms with Gasteiger partial charge in [-0.3, -0.25) is 14.7 Å². The predicted octanol–water partition coefficient (Wildman–Crippen LogP) is 2.68. The lowest BCUT2D eigenvalue weighted by Gasteiger charge is -2.42. The van der Waals surface area contributed by atoms with Gasteiger partial charge in [-0.25, -0.2) is 9.97 Å². The molecule has 4 aromatic heterocycles. The number of β-amino-alcohol motifs (C(OH)–C–C–N with tert-alkyl or cyclic N) is 1. The molecule has 2 fully saturated rings. The van der Waals surface area contributed by atoms with Gasteiger partial charge in [-0.2, -0.15) is 0 Å². The van der Waals surface area contributed by atoms with Gasteiger partial charge in [0.1, 0.15) is 11.5 Å². The largest absolute Gasteiger partial charge is 0.388 e. The molecule has 7 rings (SSSR count). The van der Waals surface area contributed by atoms with E-state index in [0.717, 1.165) is 85.8 Å². The third kappa shape index (κ3) is 4.90. The first-order chi connectivity index (χ1) is 20.0. The molecule has 41 heavy (non-hydrogen) atoms. The second-order valence-electron chi connectivity index (χ2n) is 11.2. The average Bonchev–Trinajstić information content (AvgIpc) is 3.57. The number of hydrogen-bond donors (Lipinski definition) is 3. The number of aryl methyl sites for hydroxylation is 1. The number of carbonyl (C=O) groups excluding carboxylic acids is 1. The quantitative estimate of drug-likeness (QED) is 0.330. The minimum absolute atomic E-state index is 0.126. The number of amides is 1. The van der Waals surface area contributed by atoms with E-state index in [9.17, 15) is 9.90 Å². The first kappa shape index (κ1) is 25.9. The van der Waals surface area contributed by atoms with Crippen LogP contribution in [-0.2, 0) is 18.3 Å². The molecule has 0 unspecified atom stereocenters. The number of morpholine rings is 1. The van der Waals surface area contributed by atoms with Gasteiger partial charge < -0.3 is 29.9 Å². The topological polar surface area (TPSA) is 121 Å². The van der Waals surface area contributed by atoms with Crippen molar-refractivity contribution in [1.82, 2.24) is 29.7 Å². The van der Waals surface area contributed by atoms with Crippen LogP contribution in [0.3, 0.4) is 0 Å². The molecular formula is C30H34N8O3. The van der Waals surface area contributed by atoms with E-state index in [-0.39, 0.29) is 5.91 Å². The van der Waals surface area contributed by atoms with E-state index in [1.54, 1.807) is 12.4 Å². The Morgan fingerprint density at radius 2 is 1.88 bits per heavy atom. The van der Waals surface area contributed by atoms with Gasteiger partial charge in [0.25, 0.3) is 5.91 Å². The molecule has 0 atom stereocenters. The number of carbonyl (C=O) groups is 1. The summed E-state index contributed by atoms with van der Waals surface area (Å²) in [4.78, 5) is 31.4. The number of nitrogens with one attached hydrogen (secondary N) is 2. The number of piperidine rings is 1. The third-order valence-corrected chi connectivity index (χ3v) is 8.55. The van der Waals surface area contributed by atoms with E-state index in [2.05, 4.69) is 30.4 Å². The number of fused-ring (bicyclic) bond motifs is 2. The lowest BCUT2D eigenvalue weighted by atomic mass is 9.90. The Bertz CT molecular complexity index is 1590. The highest BCUT2D eigenvalue weighted by molar-refractivity contribution is 6.06. The number of nitrogens with zero attached hydrogens (tertiary/aromatic N) is 6. The molecule has 3 aliphatic heterocycles. The van der Waals surface area contributed by atoms with Crippen molar-refractivity contribution in [3.63, 3.8) is 0 Å². The number of aromatic nitrogens is 4. The van der Waals surface area contributed by atoms with E-state index in [0.29, 0.717) is 30.2 Å². The number of pyridine rings is 3. The zero-order valence-electron chi connectivity index (χ0n) is 23.1.